The molecule has 0 aliphatic heterocycles. The zero-order valence-electron chi connectivity index (χ0n) is 7.63. The molecule has 1 rings (SSSR count). The van der Waals surface area contributed by atoms with E-state index >= 15 is 0 Å². The lowest BCUT2D eigenvalue weighted by atomic mass is 10.0. The Labute approximate surface area is 71.7 Å². The summed E-state index contributed by atoms with van der Waals surface area (Å²) in [6, 6.07) is 1.79. The number of hydrogen-bond donors (Lipinski definition) is 0. The molecule has 0 saturated carbocycles. The van der Waals surface area contributed by atoms with Gasteiger partial charge in [-0.3, -0.25) is 4.79 Å². The number of aryl methyl sites for hydroxylation is 1. The van der Waals surface area contributed by atoms with Crippen molar-refractivity contribution in [3.63, 3.8) is 0 Å². The molecule has 0 aliphatic rings. The summed E-state index contributed by atoms with van der Waals surface area (Å²) >= 11 is 0. The summed E-state index contributed by atoms with van der Waals surface area (Å²) < 4.78 is 4.84. The number of hydrogen-bond acceptors (Lipinski definition) is 3. The first kappa shape index (κ1) is 8.97. The first-order valence-corrected chi connectivity index (χ1v) is 4.04. The number of Topliss-reactive ketones (excluding diaryl/α,β-unsaturated/α-hetero) is 1. The van der Waals surface area contributed by atoms with Crippen LogP contribution < -0.4 is 0 Å². The minimum Gasteiger partial charge on any atom is -0.361 e. The Morgan fingerprint density at radius 3 is 2.75 bits per heavy atom. The van der Waals surface area contributed by atoms with Gasteiger partial charge in [0.2, 0.25) is 0 Å². The van der Waals surface area contributed by atoms with Gasteiger partial charge in [0, 0.05) is 12.0 Å². The van der Waals surface area contributed by atoms with Gasteiger partial charge in [0.25, 0.3) is 0 Å². The lowest BCUT2D eigenvalue weighted by Crippen LogP contribution is -2.10. The van der Waals surface area contributed by atoms with Crippen molar-refractivity contribution in [1.82, 2.24) is 5.16 Å². The maximum Gasteiger partial charge on any atom is 0.141 e. The van der Waals surface area contributed by atoms with E-state index in [0.717, 1.165) is 11.5 Å². The lowest BCUT2D eigenvalue weighted by molar-refractivity contribution is -0.121. The van der Waals surface area contributed by atoms with E-state index < -0.39 is 0 Å². The smallest absolute Gasteiger partial charge is 0.141 e. The highest BCUT2D eigenvalue weighted by atomic mass is 16.5. The highest BCUT2D eigenvalue weighted by Gasteiger charge is 2.10. The molecule has 12 heavy (non-hydrogen) atoms. The molecule has 0 aliphatic carbocycles. The summed E-state index contributed by atoms with van der Waals surface area (Å²) in [7, 11) is 0. The Bertz CT molecular complexity index is 276. The van der Waals surface area contributed by atoms with E-state index in [-0.39, 0.29) is 11.7 Å². The first-order chi connectivity index (χ1) is 5.59. The molecule has 0 spiro atoms. The number of ketones is 1. The van der Waals surface area contributed by atoms with Gasteiger partial charge in [-0.05, 0) is 6.92 Å². The van der Waals surface area contributed by atoms with Gasteiger partial charge in [-0.1, -0.05) is 19.0 Å². The highest BCUT2D eigenvalue weighted by Crippen LogP contribution is 2.06. The first-order valence-electron chi connectivity index (χ1n) is 4.04. The summed E-state index contributed by atoms with van der Waals surface area (Å²) in [4.78, 5) is 11.2. The molecule has 1 aromatic heterocycles. The van der Waals surface area contributed by atoms with Gasteiger partial charge in [-0.25, -0.2) is 0 Å². The fraction of sp³-hybridized carbons (Fsp3) is 0.556. The SMILES string of the molecule is Cc1cc(CC(=O)C(C)C)no1. The quantitative estimate of drug-likeness (QED) is 0.688. The second-order valence-electron chi connectivity index (χ2n) is 3.23. The highest BCUT2D eigenvalue weighted by molar-refractivity contribution is 5.82. The average Bonchev–Trinajstić information content (AvgIpc) is 2.35. The van der Waals surface area contributed by atoms with Crippen molar-refractivity contribution in [3.05, 3.63) is 17.5 Å². The number of aromatic nitrogens is 1. The zero-order chi connectivity index (χ0) is 9.14. The van der Waals surface area contributed by atoms with Crippen molar-refractivity contribution in [1.29, 1.82) is 0 Å². The van der Waals surface area contributed by atoms with Crippen LogP contribution in [0.5, 0.6) is 0 Å². The zero-order valence-corrected chi connectivity index (χ0v) is 7.63. The van der Waals surface area contributed by atoms with Gasteiger partial charge in [-0.2, -0.15) is 0 Å². The minimum atomic E-state index is 0.0713. The van der Waals surface area contributed by atoms with Crippen LogP contribution in [0.15, 0.2) is 10.6 Å². The summed E-state index contributed by atoms with van der Waals surface area (Å²) in [5.41, 5.74) is 0.728. The molecule has 0 radical (unpaired) electrons. The van der Waals surface area contributed by atoms with Gasteiger partial charge in [0.05, 0.1) is 12.1 Å². The predicted octanol–water partition coefficient (Wildman–Crippen LogP) is 1.75. The maximum atomic E-state index is 11.2. The van der Waals surface area contributed by atoms with Crippen molar-refractivity contribution >= 4 is 5.78 Å². The van der Waals surface area contributed by atoms with Crippen LogP contribution in [0.1, 0.15) is 25.3 Å². The summed E-state index contributed by atoms with van der Waals surface area (Å²) in [5.74, 6) is 1.02. The molecule has 0 saturated heterocycles. The van der Waals surface area contributed by atoms with Crippen LogP contribution in [0.4, 0.5) is 0 Å². The third-order valence-corrected chi connectivity index (χ3v) is 1.68. The summed E-state index contributed by atoms with van der Waals surface area (Å²) in [6.45, 7) is 5.58. The van der Waals surface area contributed by atoms with E-state index in [1.165, 1.54) is 0 Å². The van der Waals surface area contributed by atoms with Crippen LogP contribution in [0, 0.1) is 12.8 Å². The normalized spacial score (nSPS) is 10.7. The van der Waals surface area contributed by atoms with Crippen molar-refractivity contribution in [2.45, 2.75) is 27.2 Å². The van der Waals surface area contributed by atoms with Crippen molar-refractivity contribution in [2.75, 3.05) is 0 Å². The number of rotatable bonds is 3. The average molecular weight is 167 g/mol. The number of carbonyl (C=O) groups excluding carboxylic acids is 1. The van der Waals surface area contributed by atoms with Crippen molar-refractivity contribution < 1.29 is 9.32 Å². The molecule has 0 unspecified atom stereocenters. The minimum absolute atomic E-state index is 0.0713. The molecule has 0 atom stereocenters. The molecule has 3 heteroatoms. The Morgan fingerprint density at radius 2 is 2.33 bits per heavy atom. The van der Waals surface area contributed by atoms with Crippen molar-refractivity contribution in [3.8, 4) is 0 Å². The predicted molar refractivity (Wildman–Crippen MR) is 44.8 cm³/mol. The molecule has 0 bridgehead atoms. The molecule has 0 amide bonds. The van der Waals surface area contributed by atoms with E-state index in [1.54, 1.807) is 6.07 Å². The third kappa shape index (κ3) is 2.19. The molecular formula is C9H13NO2. The Hall–Kier alpha value is -1.12. The van der Waals surface area contributed by atoms with Gasteiger partial charge in [0.1, 0.15) is 11.5 Å². The van der Waals surface area contributed by atoms with Crippen LogP contribution in [-0.2, 0) is 11.2 Å². The van der Waals surface area contributed by atoms with Gasteiger partial charge < -0.3 is 4.52 Å². The molecule has 1 aromatic rings. The second-order valence-corrected chi connectivity index (χ2v) is 3.23. The van der Waals surface area contributed by atoms with Crippen LogP contribution in [0.2, 0.25) is 0 Å². The fourth-order valence-corrected chi connectivity index (χ4v) is 0.884. The molecule has 66 valence electrons. The van der Waals surface area contributed by atoms with E-state index in [0.29, 0.717) is 6.42 Å². The Balaban J connectivity index is 2.58. The third-order valence-electron chi connectivity index (χ3n) is 1.68. The molecular weight excluding hydrogens is 154 g/mol. The molecule has 0 fully saturated rings. The monoisotopic (exact) mass is 167 g/mol. The van der Waals surface area contributed by atoms with Crippen LogP contribution in [0.25, 0.3) is 0 Å². The molecule has 0 N–H and O–H groups in total. The Morgan fingerprint density at radius 1 is 1.67 bits per heavy atom. The Kier molecular flexibility index (Phi) is 2.63. The molecule has 0 aromatic carbocycles. The van der Waals surface area contributed by atoms with Gasteiger partial charge in [0.15, 0.2) is 0 Å². The van der Waals surface area contributed by atoms with Gasteiger partial charge >= 0.3 is 0 Å². The van der Waals surface area contributed by atoms with E-state index in [9.17, 15) is 4.79 Å². The largest absolute Gasteiger partial charge is 0.361 e. The fourth-order valence-electron chi connectivity index (χ4n) is 0.884. The van der Waals surface area contributed by atoms with E-state index in [2.05, 4.69) is 5.16 Å². The number of carbonyl (C=O) groups is 1. The molecule has 3 nitrogen and oxygen atoms in total. The van der Waals surface area contributed by atoms with Gasteiger partial charge in [-0.15, -0.1) is 0 Å². The maximum absolute atomic E-state index is 11.2. The second kappa shape index (κ2) is 3.52. The van der Waals surface area contributed by atoms with Crippen LogP contribution in [0.3, 0.4) is 0 Å². The summed E-state index contributed by atoms with van der Waals surface area (Å²) in [5, 5.41) is 3.74. The van der Waals surface area contributed by atoms with Crippen molar-refractivity contribution in [2.24, 2.45) is 5.92 Å². The topological polar surface area (TPSA) is 43.1 Å². The van der Waals surface area contributed by atoms with Crippen LogP contribution >= 0.6 is 0 Å². The van der Waals surface area contributed by atoms with Crippen LogP contribution in [-0.4, -0.2) is 10.9 Å². The molecule has 1 heterocycles. The van der Waals surface area contributed by atoms with E-state index in [4.69, 9.17) is 4.52 Å². The summed E-state index contributed by atoms with van der Waals surface area (Å²) in [6.07, 6.45) is 0.384. The standard InChI is InChI=1S/C9H13NO2/c1-6(2)9(11)5-8-4-7(3)12-10-8/h4,6H,5H2,1-3H3. The lowest BCUT2D eigenvalue weighted by Gasteiger charge is -1.99. The number of nitrogens with zero attached hydrogens (tertiary/aromatic N) is 1. The van der Waals surface area contributed by atoms with E-state index in [1.807, 2.05) is 20.8 Å².